The number of hydrogen-bond acceptors (Lipinski definition) is 3. The molecule has 0 aliphatic heterocycles. The Morgan fingerprint density at radius 1 is 0.808 bits per heavy atom. The molecule has 0 radical (unpaired) electrons. The van der Waals surface area contributed by atoms with Gasteiger partial charge in [0.05, 0.1) is 7.11 Å². The van der Waals surface area contributed by atoms with Gasteiger partial charge in [0.15, 0.2) is 11.5 Å². The largest absolute Gasteiger partial charge is 0.493 e. The van der Waals surface area contributed by atoms with Gasteiger partial charge in [-0.2, -0.15) is 0 Å². The first-order valence-electron chi connectivity index (χ1n) is 8.85. The number of nitrogens with one attached hydrogen (secondary N) is 1. The molecule has 0 fully saturated rings. The van der Waals surface area contributed by atoms with Crippen molar-refractivity contribution in [3.8, 4) is 11.5 Å². The molecule has 0 aliphatic rings. The summed E-state index contributed by atoms with van der Waals surface area (Å²) in [6.07, 6.45) is 0. The van der Waals surface area contributed by atoms with Gasteiger partial charge in [0.25, 0.3) is 0 Å². The molecule has 26 heavy (non-hydrogen) atoms. The molecule has 134 valence electrons. The molecule has 0 spiro atoms. The molecule has 1 N–H and O–H groups in total. The lowest BCUT2D eigenvalue weighted by molar-refractivity contribution is 0.280. The first kappa shape index (κ1) is 18.0. The van der Waals surface area contributed by atoms with Crippen molar-refractivity contribution in [1.82, 2.24) is 5.32 Å². The highest BCUT2D eigenvalue weighted by Crippen LogP contribution is 2.32. The van der Waals surface area contributed by atoms with Gasteiger partial charge in [-0.05, 0) is 24.1 Å². The van der Waals surface area contributed by atoms with Crippen LogP contribution in [0.5, 0.6) is 11.5 Å². The van der Waals surface area contributed by atoms with Crippen LogP contribution in [0.25, 0.3) is 0 Å². The maximum absolute atomic E-state index is 6.14. The third-order valence-electron chi connectivity index (χ3n) is 4.23. The maximum atomic E-state index is 6.14. The Hall–Kier alpha value is -2.78. The maximum Gasteiger partial charge on any atom is 0.166 e. The topological polar surface area (TPSA) is 30.5 Å². The molecule has 3 aromatic carbocycles. The number of rotatable bonds is 8. The molecule has 0 amide bonds. The molecule has 3 aromatic rings. The number of hydrogen-bond donors (Lipinski definition) is 1. The van der Waals surface area contributed by atoms with E-state index in [9.17, 15) is 0 Å². The number of ether oxygens (including phenoxy) is 2. The van der Waals surface area contributed by atoms with E-state index in [1.165, 1.54) is 11.1 Å². The highest BCUT2D eigenvalue weighted by atomic mass is 16.5. The Bertz CT molecular complexity index is 831. The van der Waals surface area contributed by atoms with Crippen molar-refractivity contribution < 1.29 is 9.47 Å². The van der Waals surface area contributed by atoms with Crippen molar-refractivity contribution >= 4 is 0 Å². The van der Waals surface area contributed by atoms with E-state index in [2.05, 4.69) is 66.8 Å². The summed E-state index contributed by atoms with van der Waals surface area (Å²) in [6.45, 7) is 4.14. The van der Waals surface area contributed by atoms with E-state index in [0.29, 0.717) is 6.61 Å². The van der Waals surface area contributed by atoms with Crippen LogP contribution in [0.3, 0.4) is 0 Å². The van der Waals surface area contributed by atoms with E-state index in [-0.39, 0.29) is 0 Å². The molecule has 0 aliphatic carbocycles. The summed E-state index contributed by atoms with van der Waals surface area (Å²) in [4.78, 5) is 0. The van der Waals surface area contributed by atoms with Crippen molar-refractivity contribution in [1.29, 1.82) is 0 Å². The summed E-state index contributed by atoms with van der Waals surface area (Å²) in [7, 11) is 1.68. The van der Waals surface area contributed by atoms with Crippen LogP contribution in [-0.4, -0.2) is 7.11 Å². The normalized spacial score (nSPS) is 10.5. The Kier molecular flexibility index (Phi) is 6.29. The summed E-state index contributed by atoms with van der Waals surface area (Å²) >= 11 is 0. The summed E-state index contributed by atoms with van der Waals surface area (Å²) < 4.78 is 11.6. The Morgan fingerprint density at radius 3 is 2.35 bits per heavy atom. The first-order chi connectivity index (χ1) is 12.8. The van der Waals surface area contributed by atoms with E-state index in [1.807, 2.05) is 18.2 Å². The smallest absolute Gasteiger partial charge is 0.166 e. The summed E-state index contributed by atoms with van der Waals surface area (Å²) in [6, 6.07) is 24.8. The lowest BCUT2D eigenvalue weighted by Gasteiger charge is -2.16. The Balaban J connectivity index is 1.69. The molecule has 3 nitrogen and oxygen atoms in total. The lowest BCUT2D eigenvalue weighted by Crippen LogP contribution is -2.14. The van der Waals surface area contributed by atoms with Crippen LogP contribution in [0, 0.1) is 6.92 Å². The third-order valence-corrected chi connectivity index (χ3v) is 4.23. The van der Waals surface area contributed by atoms with Crippen molar-refractivity contribution in [3.05, 3.63) is 95.1 Å². The summed E-state index contributed by atoms with van der Waals surface area (Å²) in [5.41, 5.74) is 4.74. The highest BCUT2D eigenvalue weighted by Gasteiger charge is 2.11. The van der Waals surface area contributed by atoms with Gasteiger partial charge >= 0.3 is 0 Å². The van der Waals surface area contributed by atoms with Crippen LogP contribution >= 0.6 is 0 Å². The van der Waals surface area contributed by atoms with Gasteiger partial charge in [-0.3, -0.25) is 0 Å². The van der Waals surface area contributed by atoms with Gasteiger partial charge in [0.1, 0.15) is 6.61 Å². The Morgan fingerprint density at radius 2 is 1.58 bits per heavy atom. The van der Waals surface area contributed by atoms with Crippen molar-refractivity contribution in [3.63, 3.8) is 0 Å². The third kappa shape index (κ3) is 4.87. The van der Waals surface area contributed by atoms with Gasteiger partial charge < -0.3 is 14.8 Å². The molecule has 0 saturated heterocycles. The molecule has 0 bridgehead atoms. The SMILES string of the molecule is COc1cccc(CNCc2ccccc2)c1OCc1cccc(C)c1. The molecule has 0 saturated carbocycles. The van der Waals surface area contributed by atoms with E-state index in [1.54, 1.807) is 7.11 Å². The highest BCUT2D eigenvalue weighted by molar-refractivity contribution is 5.46. The zero-order valence-electron chi connectivity index (χ0n) is 15.4. The molecule has 3 heteroatoms. The second-order valence-corrected chi connectivity index (χ2v) is 6.32. The fraction of sp³-hybridized carbons (Fsp3) is 0.217. The number of para-hydroxylation sites is 1. The van der Waals surface area contributed by atoms with E-state index < -0.39 is 0 Å². The fourth-order valence-corrected chi connectivity index (χ4v) is 2.92. The van der Waals surface area contributed by atoms with E-state index in [4.69, 9.17) is 9.47 Å². The van der Waals surface area contributed by atoms with Crippen molar-refractivity contribution in [2.24, 2.45) is 0 Å². The van der Waals surface area contributed by atoms with Gasteiger partial charge in [0.2, 0.25) is 0 Å². The van der Waals surface area contributed by atoms with Crippen LogP contribution in [0.15, 0.2) is 72.8 Å². The van der Waals surface area contributed by atoms with Gasteiger partial charge in [-0.25, -0.2) is 0 Å². The molecule has 0 aromatic heterocycles. The van der Waals surface area contributed by atoms with Crippen LogP contribution in [0.4, 0.5) is 0 Å². The standard InChI is InChI=1S/C23H25NO2/c1-18-8-6-11-20(14-18)17-26-23-21(12-7-13-22(23)25-2)16-24-15-19-9-4-3-5-10-19/h3-14,24H,15-17H2,1-2H3. The molecular formula is C23H25NO2. The Labute approximate surface area is 155 Å². The van der Waals surface area contributed by atoms with Crippen LogP contribution in [-0.2, 0) is 19.7 Å². The second-order valence-electron chi connectivity index (χ2n) is 6.32. The van der Waals surface area contributed by atoms with Crippen molar-refractivity contribution in [2.75, 3.05) is 7.11 Å². The minimum Gasteiger partial charge on any atom is -0.493 e. The molecule has 0 atom stereocenters. The van der Waals surface area contributed by atoms with Gasteiger partial charge in [-0.1, -0.05) is 72.3 Å². The second kappa shape index (κ2) is 9.07. The summed E-state index contributed by atoms with van der Waals surface area (Å²) in [5.74, 6) is 1.56. The zero-order valence-corrected chi connectivity index (χ0v) is 15.4. The molecule has 3 rings (SSSR count). The van der Waals surface area contributed by atoms with E-state index in [0.717, 1.165) is 35.7 Å². The average Bonchev–Trinajstić information content (AvgIpc) is 2.67. The number of methoxy groups -OCH3 is 1. The van der Waals surface area contributed by atoms with Gasteiger partial charge in [-0.15, -0.1) is 0 Å². The minimum absolute atomic E-state index is 0.522. The van der Waals surface area contributed by atoms with Crippen molar-refractivity contribution in [2.45, 2.75) is 26.6 Å². The average molecular weight is 347 g/mol. The fourth-order valence-electron chi connectivity index (χ4n) is 2.92. The predicted octanol–water partition coefficient (Wildman–Crippen LogP) is 4.87. The summed E-state index contributed by atoms with van der Waals surface area (Å²) in [5, 5.41) is 3.48. The molecular weight excluding hydrogens is 322 g/mol. The quantitative estimate of drug-likeness (QED) is 0.630. The number of aryl methyl sites for hydroxylation is 1. The predicted molar refractivity (Wildman–Crippen MR) is 105 cm³/mol. The van der Waals surface area contributed by atoms with Crippen LogP contribution in [0.2, 0.25) is 0 Å². The number of benzene rings is 3. The molecule has 0 unspecified atom stereocenters. The van der Waals surface area contributed by atoms with Gasteiger partial charge in [0, 0.05) is 18.7 Å². The monoisotopic (exact) mass is 347 g/mol. The van der Waals surface area contributed by atoms with E-state index >= 15 is 0 Å². The molecule has 0 heterocycles. The van der Waals surface area contributed by atoms with Crippen LogP contribution < -0.4 is 14.8 Å². The zero-order chi connectivity index (χ0) is 18.2. The van der Waals surface area contributed by atoms with Crippen LogP contribution in [0.1, 0.15) is 22.3 Å². The lowest BCUT2D eigenvalue weighted by atomic mass is 10.1. The minimum atomic E-state index is 0.522. The first-order valence-corrected chi connectivity index (χ1v) is 8.85.